The van der Waals surface area contributed by atoms with Crippen LogP contribution < -0.4 is 0 Å². The Labute approximate surface area is 91.8 Å². The van der Waals surface area contributed by atoms with Crippen LogP contribution in [0.5, 0.6) is 0 Å². The molecule has 0 aliphatic heterocycles. The molecule has 2 aromatic heterocycles. The molecule has 0 radical (unpaired) electrons. The van der Waals surface area contributed by atoms with E-state index in [9.17, 15) is 0 Å². The summed E-state index contributed by atoms with van der Waals surface area (Å²) in [5, 5.41) is 9.94. The first-order valence-electron chi connectivity index (χ1n) is 4.65. The van der Waals surface area contributed by atoms with Crippen LogP contribution >= 0.6 is 11.8 Å². The zero-order valence-corrected chi connectivity index (χ0v) is 9.11. The van der Waals surface area contributed by atoms with E-state index in [1.807, 2.05) is 19.1 Å². The smallest absolute Gasteiger partial charge is 0.179 e. The number of rotatable bonds is 3. The Morgan fingerprint density at radius 3 is 2.93 bits per heavy atom. The highest BCUT2D eigenvalue weighted by Crippen LogP contribution is 2.21. The Balaban J connectivity index is 2.30. The minimum atomic E-state index is 0.144. The van der Waals surface area contributed by atoms with Gasteiger partial charge < -0.3 is 5.11 Å². The maximum atomic E-state index is 8.93. The van der Waals surface area contributed by atoms with Gasteiger partial charge in [0, 0.05) is 17.6 Å². The third kappa shape index (κ3) is 2.43. The van der Waals surface area contributed by atoms with Crippen molar-refractivity contribution >= 4 is 22.9 Å². The van der Waals surface area contributed by atoms with Crippen molar-refractivity contribution in [2.24, 2.45) is 0 Å². The maximum Gasteiger partial charge on any atom is 0.179 e. The molecule has 0 amide bonds. The second kappa shape index (κ2) is 4.55. The van der Waals surface area contributed by atoms with Crippen LogP contribution in [0.2, 0.25) is 0 Å². The van der Waals surface area contributed by atoms with Gasteiger partial charge in [0.15, 0.2) is 5.65 Å². The van der Waals surface area contributed by atoms with Crippen LogP contribution in [0.1, 0.15) is 6.92 Å². The number of hydrogen-bond acceptors (Lipinski definition) is 5. The maximum absolute atomic E-state index is 8.93. The fraction of sp³-hybridized carbons (Fsp3) is 0.300. The molecule has 1 unspecified atom stereocenters. The molecule has 5 heteroatoms. The highest BCUT2D eigenvalue weighted by Gasteiger charge is 2.05. The van der Waals surface area contributed by atoms with Crippen LogP contribution in [0.25, 0.3) is 11.2 Å². The second-order valence-corrected chi connectivity index (χ2v) is 4.62. The van der Waals surface area contributed by atoms with E-state index in [1.165, 1.54) is 11.8 Å². The summed E-state index contributed by atoms with van der Waals surface area (Å²) in [5.74, 6) is 0. The predicted octanol–water partition coefficient (Wildman–Crippen LogP) is 1.50. The van der Waals surface area contributed by atoms with E-state index in [1.54, 1.807) is 12.4 Å². The van der Waals surface area contributed by atoms with Gasteiger partial charge in [0.05, 0.1) is 11.6 Å². The molecule has 0 saturated heterocycles. The Morgan fingerprint density at radius 2 is 2.13 bits per heavy atom. The summed E-state index contributed by atoms with van der Waals surface area (Å²) < 4.78 is 0. The molecule has 2 rings (SSSR count). The van der Waals surface area contributed by atoms with E-state index >= 15 is 0 Å². The number of aromatic nitrogens is 3. The molecule has 0 spiro atoms. The number of thioether (sulfide) groups is 1. The van der Waals surface area contributed by atoms with E-state index in [0.717, 1.165) is 10.5 Å². The van der Waals surface area contributed by atoms with Crippen molar-refractivity contribution in [3.8, 4) is 0 Å². The molecule has 15 heavy (non-hydrogen) atoms. The summed E-state index contributed by atoms with van der Waals surface area (Å²) in [6, 6.07) is 3.79. The molecular formula is C10H11N3OS. The molecular weight excluding hydrogens is 210 g/mol. The van der Waals surface area contributed by atoms with Crippen LogP contribution in [-0.4, -0.2) is 31.9 Å². The van der Waals surface area contributed by atoms with Crippen LogP contribution in [0.3, 0.4) is 0 Å². The predicted molar refractivity (Wildman–Crippen MR) is 59.7 cm³/mol. The molecule has 0 fully saturated rings. The first-order chi connectivity index (χ1) is 7.29. The van der Waals surface area contributed by atoms with Gasteiger partial charge in [-0.15, -0.1) is 11.8 Å². The minimum Gasteiger partial charge on any atom is -0.395 e. The molecule has 1 N–H and O–H groups in total. The second-order valence-electron chi connectivity index (χ2n) is 3.16. The Hall–Kier alpha value is -1.20. The summed E-state index contributed by atoms with van der Waals surface area (Å²) in [4.78, 5) is 12.6. The average Bonchev–Trinajstić information content (AvgIpc) is 2.29. The van der Waals surface area contributed by atoms with Crippen LogP contribution in [0, 0.1) is 0 Å². The van der Waals surface area contributed by atoms with Gasteiger partial charge in [-0.1, -0.05) is 6.92 Å². The Kier molecular flexibility index (Phi) is 3.13. The number of hydrogen-bond donors (Lipinski definition) is 1. The van der Waals surface area contributed by atoms with E-state index < -0.39 is 0 Å². The molecule has 78 valence electrons. The first-order valence-corrected chi connectivity index (χ1v) is 5.53. The monoisotopic (exact) mass is 221 g/mol. The lowest BCUT2D eigenvalue weighted by molar-refractivity contribution is 0.300. The van der Waals surface area contributed by atoms with Crippen molar-refractivity contribution in [1.29, 1.82) is 0 Å². The van der Waals surface area contributed by atoms with Gasteiger partial charge in [-0.2, -0.15) is 0 Å². The lowest BCUT2D eigenvalue weighted by Gasteiger charge is -2.06. The van der Waals surface area contributed by atoms with E-state index in [0.29, 0.717) is 5.65 Å². The molecule has 0 aliphatic rings. The minimum absolute atomic E-state index is 0.144. The zero-order chi connectivity index (χ0) is 10.7. The van der Waals surface area contributed by atoms with Crippen molar-refractivity contribution in [1.82, 2.24) is 15.0 Å². The van der Waals surface area contributed by atoms with Gasteiger partial charge in [-0.25, -0.2) is 9.97 Å². The highest BCUT2D eigenvalue weighted by molar-refractivity contribution is 7.99. The van der Waals surface area contributed by atoms with Crippen LogP contribution in [0.15, 0.2) is 29.6 Å². The van der Waals surface area contributed by atoms with E-state index in [-0.39, 0.29) is 11.9 Å². The molecule has 0 saturated carbocycles. The summed E-state index contributed by atoms with van der Waals surface area (Å²) in [7, 11) is 0. The third-order valence-corrected chi connectivity index (χ3v) is 2.91. The molecule has 2 aromatic rings. The van der Waals surface area contributed by atoms with Crippen molar-refractivity contribution in [3.05, 3.63) is 24.5 Å². The summed E-state index contributed by atoms with van der Waals surface area (Å²) in [5.41, 5.74) is 1.44. The average molecular weight is 221 g/mol. The molecule has 1 atom stereocenters. The van der Waals surface area contributed by atoms with Gasteiger partial charge in [0.2, 0.25) is 0 Å². The summed E-state index contributed by atoms with van der Waals surface area (Å²) >= 11 is 1.53. The first kappa shape index (κ1) is 10.3. The fourth-order valence-corrected chi connectivity index (χ4v) is 1.92. The van der Waals surface area contributed by atoms with E-state index in [2.05, 4.69) is 15.0 Å². The number of aliphatic hydroxyl groups excluding tert-OH is 1. The molecule has 2 heterocycles. The largest absolute Gasteiger partial charge is 0.395 e. The Morgan fingerprint density at radius 1 is 1.33 bits per heavy atom. The molecule has 0 bridgehead atoms. The normalized spacial score (nSPS) is 12.9. The molecule has 0 aliphatic carbocycles. The number of fused-ring (bicyclic) bond motifs is 1. The molecule has 4 nitrogen and oxygen atoms in total. The fourth-order valence-electron chi connectivity index (χ4n) is 1.15. The van der Waals surface area contributed by atoms with Crippen molar-refractivity contribution in [3.63, 3.8) is 0 Å². The lowest BCUT2D eigenvalue weighted by Crippen LogP contribution is -2.02. The number of nitrogens with zero attached hydrogens (tertiary/aromatic N) is 3. The topological polar surface area (TPSA) is 58.9 Å². The van der Waals surface area contributed by atoms with E-state index in [4.69, 9.17) is 5.11 Å². The number of aliphatic hydroxyl groups is 1. The summed E-state index contributed by atoms with van der Waals surface area (Å²) in [6.45, 7) is 2.10. The Bertz CT molecular complexity index is 463. The molecule has 0 aromatic carbocycles. The summed E-state index contributed by atoms with van der Waals surface area (Å²) in [6.07, 6.45) is 3.27. The van der Waals surface area contributed by atoms with Crippen LogP contribution in [0.4, 0.5) is 0 Å². The van der Waals surface area contributed by atoms with Gasteiger partial charge in [-0.05, 0) is 12.1 Å². The number of pyridine rings is 1. The van der Waals surface area contributed by atoms with Gasteiger partial charge in [-0.3, -0.25) is 4.98 Å². The van der Waals surface area contributed by atoms with Gasteiger partial charge >= 0.3 is 0 Å². The van der Waals surface area contributed by atoms with Crippen molar-refractivity contribution in [2.45, 2.75) is 17.2 Å². The standard InChI is InChI=1S/C10H11N3OS/c1-7(6-14)15-9-3-2-8-10(13-9)12-5-4-11-8/h2-5,7,14H,6H2,1H3. The quantitative estimate of drug-likeness (QED) is 0.796. The lowest BCUT2D eigenvalue weighted by atomic mass is 10.4. The third-order valence-electron chi connectivity index (χ3n) is 1.89. The van der Waals surface area contributed by atoms with Crippen LogP contribution in [-0.2, 0) is 0 Å². The van der Waals surface area contributed by atoms with Gasteiger partial charge in [0.25, 0.3) is 0 Å². The zero-order valence-electron chi connectivity index (χ0n) is 8.29. The SMILES string of the molecule is CC(CO)Sc1ccc2nccnc2n1. The highest BCUT2D eigenvalue weighted by atomic mass is 32.2. The van der Waals surface area contributed by atoms with Crippen molar-refractivity contribution in [2.75, 3.05) is 6.61 Å². The van der Waals surface area contributed by atoms with Gasteiger partial charge in [0.1, 0.15) is 5.52 Å². The van der Waals surface area contributed by atoms with Crippen molar-refractivity contribution < 1.29 is 5.11 Å².